The summed E-state index contributed by atoms with van der Waals surface area (Å²) in [7, 11) is -5.88. The minimum atomic E-state index is -3.63. The first kappa shape index (κ1) is 28.0. The second-order valence-corrected chi connectivity index (χ2v) is 13.8. The Bertz CT molecular complexity index is 1520. The molecule has 2 fully saturated rings. The van der Waals surface area contributed by atoms with Gasteiger partial charge in [-0.1, -0.05) is 6.07 Å². The summed E-state index contributed by atoms with van der Waals surface area (Å²) in [6.45, 7) is 1.47. The maximum absolute atomic E-state index is 13.2. The second-order valence-electron chi connectivity index (χ2n) is 9.94. The Morgan fingerprint density at radius 3 is 2.74 bits per heavy atom. The summed E-state index contributed by atoms with van der Waals surface area (Å²) in [6.07, 6.45) is 2.62. The molecule has 4 N–H and O–H groups in total. The van der Waals surface area contributed by atoms with Crippen LogP contribution in [0.5, 0.6) is 5.75 Å². The quantitative estimate of drug-likeness (QED) is 0.272. The molecule has 5 rings (SSSR count). The zero-order valence-corrected chi connectivity index (χ0v) is 23.2. The van der Waals surface area contributed by atoms with Gasteiger partial charge >= 0.3 is 0 Å². The number of nitrogens with one attached hydrogen (secondary N) is 3. The fourth-order valence-electron chi connectivity index (χ4n) is 5.08. The van der Waals surface area contributed by atoms with Crippen molar-refractivity contribution in [3.05, 3.63) is 48.8 Å². The van der Waals surface area contributed by atoms with Gasteiger partial charge in [-0.3, -0.25) is 0 Å². The van der Waals surface area contributed by atoms with Gasteiger partial charge in [-0.15, -0.1) is 0 Å². The molecule has 0 radical (unpaired) electrons. The van der Waals surface area contributed by atoms with E-state index in [-0.39, 0.29) is 29.0 Å². The largest absolute Gasteiger partial charge is 0.491 e. The molecule has 0 saturated carbocycles. The van der Waals surface area contributed by atoms with Crippen molar-refractivity contribution in [3.63, 3.8) is 0 Å². The highest BCUT2D eigenvalue weighted by molar-refractivity contribution is 7.89. The molecule has 212 valence electrons. The molecule has 12 nitrogen and oxygen atoms in total. The van der Waals surface area contributed by atoms with Crippen molar-refractivity contribution < 1.29 is 31.4 Å². The number of sulfonamides is 2. The van der Waals surface area contributed by atoms with Crippen LogP contribution in [0.2, 0.25) is 0 Å². The summed E-state index contributed by atoms with van der Waals surface area (Å²) in [5.41, 5.74) is 1.01. The lowest BCUT2D eigenvalue weighted by Crippen LogP contribution is -2.47. The van der Waals surface area contributed by atoms with Gasteiger partial charge in [-0.05, 0) is 56.6 Å². The number of H-pyrrole nitrogens is 1. The number of aromatic amines is 1. The summed E-state index contributed by atoms with van der Waals surface area (Å²) in [4.78, 5) is 7.45. The first-order valence-electron chi connectivity index (χ1n) is 12.8. The summed E-state index contributed by atoms with van der Waals surface area (Å²) < 4.78 is 65.8. The molecule has 2 aromatic carbocycles. The summed E-state index contributed by atoms with van der Waals surface area (Å²) in [5, 5.41) is 13.7. The van der Waals surface area contributed by atoms with Gasteiger partial charge in [-0.25, -0.2) is 26.5 Å². The maximum Gasteiger partial charge on any atom is 0.243 e. The van der Waals surface area contributed by atoms with Crippen molar-refractivity contribution in [2.75, 3.05) is 39.9 Å². The highest BCUT2D eigenvalue weighted by Crippen LogP contribution is 2.37. The Hall–Kier alpha value is -2.59. The molecule has 3 heterocycles. The van der Waals surface area contributed by atoms with E-state index < -0.39 is 31.8 Å². The van der Waals surface area contributed by atoms with Crippen LogP contribution in [-0.2, 0) is 24.8 Å². The van der Waals surface area contributed by atoms with Gasteiger partial charge < -0.3 is 24.9 Å². The predicted molar refractivity (Wildman–Crippen MR) is 143 cm³/mol. The molecule has 2 unspecified atom stereocenters. The van der Waals surface area contributed by atoms with E-state index >= 15 is 0 Å². The smallest absolute Gasteiger partial charge is 0.243 e. The Kier molecular flexibility index (Phi) is 7.97. The number of benzene rings is 2. The van der Waals surface area contributed by atoms with Gasteiger partial charge in [-0.2, -0.15) is 4.31 Å². The molecule has 2 aliphatic heterocycles. The molecular formula is C25H33N5O7S2. The van der Waals surface area contributed by atoms with E-state index in [4.69, 9.17) is 9.47 Å². The average molecular weight is 580 g/mol. The minimum Gasteiger partial charge on any atom is -0.491 e. The molecule has 2 atom stereocenters. The number of nitrogens with zero attached hydrogens (tertiary/aromatic N) is 2. The SMILES string of the molecule is CNS(=O)(=O)c1cccc(OCC(O)CNC2COC3(CCN(S(=O)(=O)c4ccc5[nH]cnc5c4)CC3)C2)c1. The zero-order valence-electron chi connectivity index (χ0n) is 21.5. The van der Waals surface area contributed by atoms with Crippen molar-refractivity contribution in [1.29, 1.82) is 0 Å². The molecule has 1 spiro atoms. The molecule has 0 aliphatic carbocycles. The highest BCUT2D eigenvalue weighted by Gasteiger charge is 2.44. The Morgan fingerprint density at radius 1 is 1.18 bits per heavy atom. The van der Waals surface area contributed by atoms with Crippen molar-refractivity contribution in [2.45, 2.75) is 46.8 Å². The van der Waals surface area contributed by atoms with E-state index in [1.165, 1.54) is 23.5 Å². The van der Waals surface area contributed by atoms with Crippen LogP contribution >= 0.6 is 0 Å². The van der Waals surface area contributed by atoms with Crippen LogP contribution in [0, 0.1) is 0 Å². The van der Waals surface area contributed by atoms with Crippen molar-refractivity contribution in [2.24, 2.45) is 0 Å². The van der Waals surface area contributed by atoms with E-state index in [0.717, 1.165) is 11.9 Å². The van der Waals surface area contributed by atoms with E-state index in [2.05, 4.69) is 20.0 Å². The fourth-order valence-corrected chi connectivity index (χ4v) is 7.31. The van der Waals surface area contributed by atoms with E-state index in [9.17, 15) is 21.9 Å². The number of hydrogen-bond donors (Lipinski definition) is 4. The lowest BCUT2D eigenvalue weighted by molar-refractivity contribution is -0.0312. The lowest BCUT2D eigenvalue weighted by atomic mass is 9.88. The molecule has 0 amide bonds. The molecule has 0 bridgehead atoms. The van der Waals surface area contributed by atoms with E-state index in [0.29, 0.717) is 43.8 Å². The summed E-state index contributed by atoms with van der Waals surface area (Å²) in [6, 6.07) is 11.0. The number of imidazole rings is 1. The number of aromatic nitrogens is 2. The number of fused-ring (bicyclic) bond motifs is 1. The number of piperidine rings is 1. The standard InChI is InChI=1S/C25H33N5O7S2/c1-26-38(32,33)21-4-2-3-20(11-21)36-16-19(31)14-27-18-13-25(37-15-18)7-9-30(10-8-25)39(34,35)22-5-6-23-24(12-22)29-17-28-23/h2-6,11-12,17-19,26-27,31H,7-10,13-16H2,1H3,(H,28,29). The maximum atomic E-state index is 13.2. The van der Waals surface area contributed by atoms with Crippen LogP contribution in [-0.4, -0.2) is 93.9 Å². The number of rotatable bonds is 10. The van der Waals surface area contributed by atoms with Gasteiger partial charge in [0.1, 0.15) is 18.5 Å². The van der Waals surface area contributed by atoms with Gasteiger partial charge in [0.05, 0.1) is 39.4 Å². The zero-order chi connectivity index (χ0) is 27.7. The topological polar surface area (TPSA) is 163 Å². The predicted octanol–water partition coefficient (Wildman–Crippen LogP) is 0.813. The summed E-state index contributed by atoms with van der Waals surface area (Å²) in [5.74, 6) is 0.347. The summed E-state index contributed by atoms with van der Waals surface area (Å²) >= 11 is 0. The van der Waals surface area contributed by atoms with Crippen LogP contribution in [0.1, 0.15) is 19.3 Å². The molecule has 39 heavy (non-hydrogen) atoms. The third-order valence-electron chi connectivity index (χ3n) is 7.34. The second kappa shape index (κ2) is 11.1. The lowest BCUT2D eigenvalue weighted by Gasteiger charge is -2.38. The van der Waals surface area contributed by atoms with Crippen LogP contribution < -0.4 is 14.8 Å². The van der Waals surface area contributed by atoms with Crippen LogP contribution in [0.25, 0.3) is 11.0 Å². The molecule has 3 aromatic rings. The van der Waals surface area contributed by atoms with Gasteiger partial charge in [0.2, 0.25) is 20.0 Å². The first-order chi connectivity index (χ1) is 18.6. The Balaban J connectivity index is 1.08. The monoisotopic (exact) mass is 579 g/mol. The Morgan fingerprint density at radius 2 is 1.97 bits per heavy atom. The highest BCUT2D eigenvalue weighted by atomic mass is 32.2. The molecule has 14 heteroatoms. The molecule has 1 aromatic heterocycles. The van der Waals surface area contributed by atoms with Crippen LogP contribution in [0.3, 0.4) is 0 Å². The van der Waals surface area contributed by atoms with Gasteiger partial charge in [0, 0.05) is 31.7 Å². The number of aliphatic hydroxyl groups is 1. The molecular weight excluding hydrogens is 546 g/mol. The van der Waals surface area contributed by atoms with E-state index in [1.807, 2.05) is 0 Å². The fraction of sp³-hybridized carbons (Fsp3) is 0.480. The minimum absolute atomic E-state index is 0.00827. The van der Waals surface area contributed by atoms with Crippen LogP contribution in [0.4, 0.5) is 0 Å². The average Bonchev–Trinajstić information content (AvgIpc) is 3.58. The van der Waals surface area contributed by atoms with E-state index in [1.54, 1.807) is 36.7 Å². The Labute approximate surface area is 227 Å². The number of aliphatic hydroxyl groups excluding tert-OH is 1. The number of hydrogen-bond acceptors (Lipinski definition) is 9. The normalized spacial score (nSPS) is 20.9. The first-order valence-corrected chi connectivity index (χ1v) is 15.7. The van der Waals surface area contributed by atoms with Crippen molar-refractivity contribution >= 4 is 31.1 Å². The van der Waals surface area contributed by atoms with Crippen molar-refractivity contribution in [3.8, 4) is 5.75 Å². The third kappa shape index (κ3) is 6.11. The molecule has 2 aliphatic rings. The van der Waals surface area contributed by atoms with Gasteiger partial charge in [0.15, 0.2) is 0 Å². The van der Waals surface area contributed by atoms with Crippen molar-refractivity contribution in [1.82, 2.24) is 24.3 Å². The van der Waals surface area contributed by atoms with Gasteiger partial charge in [0.25, 0.3) is 0 Å². The third-order valence-corrected chi connectivity index (χ3v) is 10.6. The number of ether oxygens (including phenoxy) is 2. The van der Waals surface area contributed by atoms with Crippen LogP contribution in [0.15, 0.2) is 58.6 Å². The molecule has 2 saturated heterocycles.